The number of hydrogen-bond acceptors (Lipinski definition) is 2. The van der Waals surface area contributed by atoms with Gasteiger partial charge in [-0.05, 0) is 48.9 Å². The van der Waals surface area contributed by atoms with Crippen molar-refractivity contribution in [3.8, 4) is 5.69 Å². The zero-order valence-electron chi connectivity index (χ0n) is 14.7. The molecule has 0 fully saturated rings. The quantitative estimate of drug-likeness (QED) is 0.539. The Labute approximate surface area is 160 Å². The van der Waals surface area contributed by atoms with Gasteiger partial charge in [-0.25, -0.2) is 9.36 Å². The molecule has 3 aromatic carbocycles. The Morgan fingerprint density at radius 1 is 0.852 bits per heavy atom. The highest BCUT2D eigenvalue weighted by Crippen LogP contribution is 2.14. The van der Waals surface area contributed by atoms with Gasteiger partial charge in [-0.1, -0.05) is 53.6 Å². The van der Waals surface area contributed by atoms with Crippen molar-refractivity contribution >= 4 is 22.5 Å². The molecule has 0 atom stereocenters. The number of rotatable bonds is 3. The number of halogens is 1. The number of fused-ring (bicyclic) bond motifs is 1. The van der Waals surface area contributed by atoms with Gasteiger partial charge in [0.25, 0.3) is 5.56 Å². The van der Waals surface area contributed by atoms with Crippen LogP contribution < -0.4 is 11.2 Å². The van der Waals surface area contributed by atoms with Gasteiger partial charge in [0.15, 0.2) is 0 Å². The fraction of sp³-hybridized carbons (Fsp3) is 0.0909. The first-order valence-corrected chi connectivity index (χ1v) is 8.98. The average molecular weight is 377 g/mol. The number of nitrogens with zero attached hydrogens (tertiary/aromatic N) is 2. The monoisotopic (exact) mass is 376 g/mol. The molecule has 0 N–H and O–H groups in total. The van der Waals surface area contributed by atoms with Crippen LogP contribution >= 0.6 is 11.6 Å². The van der Waals surface area contributed by atoms with E-state index in [0.717, 1.165) is 11.1 Å². The van der Waals surface area contributed by atoms with Crippen molar-refractivity contribution in [3.63, 3.8) is 0 Å². The van der Waals surface area contributed by atoms with E-state index in [0.29, 0.717) is 28.2 Å². The highest BCUT2D eigenvalue weighted by molar-refractivity contribution is 6.30. The zero-order valence-corrected chi connectivity index (χ0v) is 15.5. The van der Waals surface area contributed by atoms with Crippen molar-refractivity contribution in [1.29, 1.82) is 0 Å². The predicted molar refractivity (Wildman–Crippen MR) is 109 cm³/mol. The molecule has 4 rings (SSSR count). The fourth-order valence-corrected chi connectivity index (χ4v) is 3.29. The molecule has 0 aliphatic rings. The molecule has 5 heteroatoms. The van der Waals surface area contributed by atoms with Crippen LogP contribution in [0.3, 0.4) is 0 Å². The number of benzene rings is 3. The van der Waals surface area contributed by atoms with Crippen molar-refractivity contribution in [1.82, 2.24) is 9.13 Å². The maximum Gasteiger partial charge on any atom is 0.336 e. The second-order valence-electron chi connectivity index (χ2n) is 6.49. The summed E-state index contributed by atoms with van der Waals surface area (Å²) in [6, 6.07) is 21.9. The third kappa shape index (κ3) is 3.20. The van der Waals surface area contributed by atoms with Crippen LogP contribution in [0, 0.1) is 6.92 Å². The summed E-state index contributed by atoms with van der Waals surface area (Å²) >= 11 is 5.97. The topological polar surface area (TPSA) is 44.0 Å². The van der Waals surface area contributed by atoms with Crippen LogP contribution in [0.25, 0.3) is 16.6 Å². The second-order valence-corrected chi connectivity index (χ2v) is 6.92. The van der Waals surface area contributed by atoms with Gasteiger partial charge in [-0.2, -0.15) is 0 Å². The van der Waals surface area contributed by atoms with Crippen molar-refractivity contribution < 1.29 is 0 Å². The molecule has 0 spiro atoms. The van der Waals surface area contributed by atoms with E-state index in [1.165, 1.54) is 4.57 Å². The Morgan fingerprint density at radius 2 is 1.52 bits per heavy atom. The van der Waals surface area contributed by atoms with E-state index in [1.54, 1.807) is 47.0 Å². The molecule has 0 amide bonds. The molecule has 134 valence electrons. The zero-order chi connectivity index (χ0) is 19.0. The largest absolute Gasteiger partial charge is 0.336 e. The third-order valence-electron chi connectivity index (χ3n) is 4.60. The summed E-state index contributed by atoms with van der Waals surface area (Å²) in [4.78, 5) is 26.3. The maximum absolute atomic E-state index is 13.3. The molecule has 4 nitrogen and oxygen atoms in total. The lowest BCUT2D eigenvalue weighted by atomic mass is 10.2. The lowest BCUT2D eigenvalue weighted by Gasteiger charge is -2.14. The maximum atomic E-state index is 13.3. The first-order chi connectivity index (χ1) is 13.0. The fourth-order valence-electron chi connectivity index (χ4n) is 3.17. The molecule has 0 aliphatic heterocycles. The number of para-hydroxylation sites is 1. The van der Waals surface area contributed by atoms with Gasteiger partial charge < -0.3 is 0 Å². The lowest BCUT2D eigenvalue weighted by molar-refractivity contribution is 0.714. The van der Waals surface area contributed by atoms with Crippen LogP contribution in [0.4, 0.5) is 0 Å². The van der Waals surface area contributed by atoms with Gasteiger partial charge in [0.05, 0.1) is 23.1 Å². The Morgan fingerprint density at radius 3 is 2.22 bits per heavy atom. The van der Waals surface area contributed by atoms with Gasteiger partial charge in [-0.3, -0.25) is 9.36 Å². The minimum atomic E-state index is -0.363. The van der Waals surface area contributed by atoms with Crippen LogP contribution in [-0.4, -0.2) is 9.13 Å². The molecule has 0 aliphatic carbocycles. The van der Waals surface area contributed by atoms with E-state index < -0.39 is 0 Å². The van der Waals surface area contributed by atoms with E-state index in [2.05, 4.69) is 0 Å². The van der Waals surface area contributed by atoms with E-state index in [4.69, 9.17) is 11.6 Å². The van der Waals surface area contributed by atoms with Crippen molar-refractivity contribution in [3.05, 3.63) is 110 Å². The van der Waals surface area contributed by atoms with Gasteiger partial charge in [0.1, 0.15) is 0 Å². The minimum absolute atomic E-state index is 0.313. The second kappa shape index (κ2) is 6.89. The third-order valence-corrected chi connectivity index (χ3v) is 4.85. The summed E-state index contributed by atoms with van der Waals surface area (Å²) in [6.07, 6.45) is 0. The molecule has 0 unspecified atom stereocenters. The van der Waals surface area contributed by atoms with Crippen molar-refractivity contribution in [2.24, 2.45) is 0 Å². The number of aryl methyl sites for hydroxylation is 1. The predicted octanol–water partition coefficient (Wildman–Crippen LogP) is 4.16. The molecule has 1 aromatic heterocycles. The van der Waals surface area contributed by atoms with Crippen LogP contribution in [0.5, 0.6) is 0 Å². The molecular weight excluding hydrogens is 360 g/mol. The molecular formula is C22H17ClN2O2. The van der Waals surface area contributed by atoms with E-state index >= 15 is 0 Å². The Hall–Kier alpha value is -3.11. The minimum Gasteiger partial charge on any atom is -0.288 e. The summed E-state index contributed by atoms with van der Waals surface area (Å²) < 4.78 is 2.86. The molecule has 1 heterocycles. The lowest BCUT2D eigenvalue weighted by Crippen LogP contribution is -2.39. The van der Waals surface area contributed by atoms with Crippen LogP contribution in [0.1, 0.15) is 11.1 Å². The molecule has 0 radical (unpaired) electrons. The van der Waals surface area contributed by atoms with E-state index in [9.17, 15) is 9.59 Å². The Balaban J connectivity index is 2.00. The molecule has 0 saturated heterocycles. The highest BCUT2D eigenvalue weighted by Gasteiger charge is 2.14. The average Bonchev–Trinajstić information content (AvgIpc) is 2.68. The first kappa shape index (κ1) is 17.3. The summed E-state index contributed by atoms with van der Waals surface area (Å²) in [6.45, 7) is 2.31. The summed E-state index contributed by atoms with van der Waals surface area (Å²) in [5, 5.41) is 1.15. The summed E-state index contributed by atoms with van der Waals surface area (Å²) in [5.41, 5.74) is 2.50. The normalized spacial score (nSPS) is 11.0. The highest BCUT2D eigenvalue weighted by atomic mass is 35.5. The van der Waals surface area contributed by atoms with Crippen LogP contribution in [-0.2, 0) is 6.54 Å². The molecule has 0 saturated carbocycles. The van der Waals surface area contributed by atoms with Crippen molar-refractivity contribution in [2.75, 3.05) is 0 Å². The number of hydrogen-bond donors (Lipinski definition) is 0. The van der Waals surface area contributed by atoms with Crippen LogP contribution in [0.2, 0.25) is 5.02 Å². The van der Waals surface area contributed by atoms with Crippen LogP contribution in [0.15, 0.2) is 82.4 Å². The van der Waals surface area contributed by atoms with Gasteiger partial charge >= 0.3 is 5.69 Å². The van der Waals surface area contributed by atoms with Crippen molar-refractivity contribution in [2.45, 2.75) is 13.5 Å². The molecule has 27 heavy (non-hydrogen) atoms. The smallest absolute Gasteiger partial charge is 0.288 e. The van der Waals surface area contributed by atoms with Gasteiger partial charge in [0.2, 0.25) is 0 Å². The van der Waals surface area contributed by atoms with E-state index in [-0.39, 0.29) is 11.2 Å². The summed E-state index contributed by atoms with van der Waals surface area (Å²) in [7, 11) is 0. The Bertz CT molecular complexity index is 1240. The molecule has 4 aromatic rings. The number of aromatic nitrogens is 2. The Kier molecular flexibility index (Phi) is 4.42. The first-order valence-electron chi connectivity index (χ1n) is 8.61. The molecule has 0 bridgehead atoms. The standard InChI is InChI=1S/C22H17ClN2O2/c1-15-6-12-18(13-7-15)25-21(26)19-4-2-3-5-20(19)24(22(25)27)14-16-8-10-17(23)11-9-16/h2-13H,14H2,1H3. The van der Waals surface area contributed by atoms with Gasteiger partial charge in [-0.15, -0.1) is 0 Å². The van der Waals surface area contributed by atoms with E-state index in [1.807, 2.05) is 37.3 Å². The van der Waals surface area contributed by atoms with Gasteiger partial charge in [0, 0.05) is 5.02 Å². The SMILES string of the molecule is Cc1ccc(-n2c(=O)c3ccccc3n(Cc3ccc(Cl)cc3)c2=O)cc1. The summed E-state index contributed by atoms with van der Waals surface area (Å²) in [5.74, 6) is 0.